The zero-order valence-electron chi connectivity index (χ0n) is 5.80. The zero-order valence-corrected chi connectivity index (χ0v) is 9.53. The fraction of sp³-hybridized carbons (Fsp3) is 1.00. The van der Waals surface area contributed by atoms with Crippen LogP contribution in [0.3, 0.4) is 0 Å². The molecule has 0 aromatic carbocycles. The molecule has 0 aromatic heterocycles. The molecule has 1 unspecified atom stereocenters. The molecule has 0 aliphatic carbocycles. The Labute approximate surface area is 80.0 Å². The SMILES string of the molecule is CC(C)OP(C)(=O)F.[Y]. The Morgan fingerprint density at radius 3 is 1.89 bits per heavy atom. The van der Waals surface area contributed by atoms with Crippen molar-refractivity contribution in [3.63, 3.8) is 0 Å². The Morgan fingerprint density at radius 2 is 1.89 bits per heavy atom. The van der Waals surface area contributed by atoms with Gasteiger partial charge in [-0.15, -0.1) is 0 Å². The molecule has 0 N–H and O–H groups in total. The van der Waals surface area contributed by atoms with Gasteiger partial charge >= 0.3 is 7.68 Å². The van der Waals surface area contributed by atoms with Crippen molar-refractivity contribution in [2.75, 3.05) is 6.66 Å². The van der Waals surface area contributed by atoms with E-state index < -0.39 is 7.68 Å². The van der Waals surface area contributed by atoms with Crippen molar-refractivity contribution in [2.45, 2.75) is 20.0 Å². The van der Waals surface area contributed by atoms with Crippen LogP contribution >= 0.6 is 7.68 Å². The van der Waals surface area contributed by atoms with Gasteiger partial charge in [0.25, 0.3) is 0 Å². The van der Waals surface area contributed by atoms with Gasteiger partial charge in [-0.05, 0) is 13.8 Å². The molecule has 9 heavy (non-hydrogen) atoms. The summed E-state index contributed by atoms with van der Waals surface area (Å²) in [7, 11) is -3.72. The summed E-state index contributed by atoms with van der Waals surface area (Å²) in [5.41, 5.74) is 0. The van der Waals surface area contributed by atoms with Gasteiger partial charge in [-0.2, -0.15) is 4.20 Å². The molecule has 2 nitrogen and oxygen atoms in total. The molecular formula is C4H10FO2PY. The first kappa shape index (κ1) is 12.9. The average molecular weight is 229 g/mol. The van der Waals surface area contributed by atoms with Crippen LogP contribution in [0.5, 0.6) is 0 Å². The van der Waals surface area contributed by atoms with Gasteiger partial charge < -0.3 is 4.52 Å². The molecular weight excluding hydrogens is 219 g/mol. The second kappa shape index (κ2) is 4.95. The molecule has 5 heteroatoms. The molecule has 0 saturated carbocycles. The smallest absolute Gasteiger partial charge is 0.303 e. The molecule has 0 fully saturated rings. The van der Waals surface area contributed by atoms with Crippen LogP contribution in [0.25, 0.3) is 0 Å². The van der Waals surface area contributed by atoms with E-state index in [2.05, 4.69) is 4.52 Å². The van der Waals surface area contributed by atoms with E-state index in [9.17, 15) is 8.76 Å². The standard InChI is InChI=1S/C4H10FO2P.Y/c1-4(2)7-8(3,5)6;/h4H,1-3H3;. The van der Waals surface area contributed by atoms with E-state index in [0.717, 1.165) is 6.66 Å². The Hall–Kier alpha value is 1.22. The van der Waals surface area contributed by atoms with Crippen LogP contribution in [0.4, 0.5) is 4.20 Å². The average Bonchev–Trinajstić information content (AvgIpc) is 1.21. The third-order valence-electron chi connectivity index (χ3n) is 0.399. The molecule has 53 valence electrons. The van der Waals surface area contributed by atoms with Crippen LogP contribution in [0.1, 0.15) is 13.8 Å². The maximum Gasteiger partial charge on any atom is 0.364 e. The van der Waals surface area contributed by atoms with Crippen LogP contribution in [0.15, 0.2) is 0 Å². The number of hydrogen-bond donors (Lipinski definition) is 0. The minimum absolute atomic E-state index is 0. The van der Waals surface area contributed by atoms with Crippen molar-refractivity contribution >= 4 is 7.68 Å². The fourth-order valence-electron chi connectivity index (χ4n) is 0.377. The van der Waals surface area contributed by atoms with E-state index >= 15 is 0 Å². The van der Waals surface area contributed by atoms with Crippen molar-refractivity contribution in [1.29, 1.82) is 0 Å². The van der Waals surface area contributed by atoms with Gasteiger partial charge in [-0.3, -0.25) is 4.57 Å². The van der Waals surface area contributed by atoms with Crippen molar-refractivity contribution < 1.29 is 46.0 Å². The third-order valence-corrected chi connectivity index (χ3v) is 1.20. The van der Waals surface area contributed by atoms with Crippen molar-refractivity contribution in [1.82, 2.24) is 0 Å². The fourth-order valence-corrected chi connectivity index (χ4v) is 1.13. The van der Waals surface area contributed by atoms with E-state index in [4.69, 9.17) is 0 Å². The summed E-state index contributed by atoms with van der Waals surface area (Å²) in [6, 6.07) is 0. The first-order valence-electron chi connectivity index (χ1n) is 2.37. The van der Waals surface area contributed by atoms with E-state index in [1.54, 1.807) is 13.8 Å². The van der Waals surface area contributed by atoms with Crippen LogP contribution in [-0.2, 0) is 41.8 Å². The molecule has 0 aliphatic heterocycles. The number of hydrogen-bond acceptors (Lipinski definition) is 2. The quantitative estimate of drug-likeness (QED) is 0.678. The molecule has 0 rings (SSSR count). The van der Waals surface area contributed by atoms with Gasteiger partial charge in [-0.25, -0.2) is 0 Å². The monoisotopic (exact) mass is 229 g/mol. The summed E-state index contributed by atoms with van der Waals surface area (Å²) in [6.07, 6.45) is -0.296. The predicted molar refractivity (Wildman–Crippen MR) is 30.9 cm³/mol. The van der Waals surface area contributed by atoms with Crippen LogP contribution in [0.2, 0.25) is 0 Å². The molecule has 1 radical (unpaired) electrons. The summed E-state index contributed by atoms with van der Waals surface area (Å²) in [6.45, 7) is 4.22. The Morgan fingerprint density at radius 1 is 1.56 bits per heavy atom. The third kappa shape index (κ3) is 12.4. The first-order chi connectivity index (χ1) is 3.42. The minimum atomic E-state index is -3.72. The van der Waals surface area contributed by atoms with Crippen LogP contribution in [0, 0.1) is 0 Å². The molecule has 0 aromatic rings. The molecule has 0 saturated heterocycles. The Bertz CT molecular complexity index is 111. The second-order valence-corrected chi connectivity index (χ2v) is 3.61. The van der Waals surface area contributed by atoms with E-state index in [1.165, 1.54) is 0 Å². The summed E-state index contributed by atoms with van der Waals surface area (Å²) in [5.74, 6) is 0. The molecule has 0 bridgehead atoms. The largest absolute Gasteiger partial charge is 0.364 e. The summed E-state index contributed by atoms with van der Waals surface area (Å²) >= 11 is 0. The molecule has 1 atom stereocenters. The summed E-state index contributed by atoms with van der Waals surface area (Å²) < 4.78 is 26.4. The van der Waals surface area contributed by atoms with E-state index in [-0.39, 0.29) is 38.8 Å². The van der Waals surface area contributed by atoms with Crippen molar-refractivity contribution in [2.24, 2.45) is 0 Å². The topological polar surface area (TPSA) is 26.3 Å². The molecule has 0 heterocycles. The van der Waals surface area contributed by atoms with Gasteiger partial charge in [0.05, 0.1) is 6.10 Å². The van der Waals surface area contributed by atoms with E-state index in [0.29, 0.717) is 0 Å². The Balaban J connectivity index is 0. The predicted octanol–water partition coefficient (Wildman–Crippen LogP) is 2.20. The number of rotatable bonds is 2. The molecule has 0 amide bonds. The van der Waals surface area contributed by atoms with Gasteiger partial charge in [0.1, 0.15) is 0 Å². The summed E-state index contributed by atoms with van der Waals surface area (Å²) in [5, 5.41) is 0. The van der Waals surface area contributed by atoms with Crippen molar-refractivity contribution in [3.05, 3.63) is 0 Å². The normalized spacial score (nSPS) is 16.6. The summed E-state index contributed by atoms with van der Waals surface area (Å²) in [4.78, 5) is 0. The maximum absolute atomic E-state index is 12.0. The number of halogens is 1. The minimum Gasteiger partial charge on any atom is -0.303 e. The molecule has 0 spiro atoms. The van der Waals surface area contributed by atoms with Gasteiger partial charge in [0.15, 0.2) is 0 Å². The van der Waals surface area contributed by atoms with Gasteiger partial charge in [0.2, 0.25) is 0 Å². The first-order valence-corrected chi connectivity index (χ1v) is 4.33. The van der Waals surface area contributed by atoms with Gasteiger partial charge in [-0.1, -0.05) is 0 Å². The maximum atomic E-state index is 12.0. The zero-order chi connectivity index (χ0) is 6.78. The van der Waals surface area contributed by atoms with Crippen molar-refractivity contribution in [3.8, 4) is 0 Å². The van der Waals surface area contributed by atoms with E-state index in [1.807, 2.05) is 0 Å². The molecule has 0 aliphatic rings. The van der Waals surface area contributed by atoms with Gasteiger partial charge in [0, 0.05) is 39.4 Å². The second-order valence-electron chi connectivity index (χ2n) is 1.90. The Kier molecular flexibility index (Phi) is 7.08. The van der Waals surface area contributed by atoms with Crippen LogP contribution < -0.4 is 0 Å². The van der Waals surface area contributed by atoms with Crippen LogP contribution in [-0.4, -0.2) is 12.8 Å².